The third kappa shape index (κ3) is 4.40. The fraction of sp³-hybridized carbons (Fsp3) is 0.391. The van der Waals surface area contributed by atoms with E-state index in [0.29, 0.717) is 42.0 Å². The van der Waals surface area contributed by atoms with Crippen molar-refractivity contribution in [3.05, 3.63) is 64.7 Å². The smallest absolute Gasteiger partial charge is 0.314 e. The lowest BCUT2D eigenvalue weighted by molar-refractivity contribution is -0.140. The molecule has 1 aliphatic heterocycles. The number of benzene rings is 2. The number of halogens is 1. The number of rotatable bonds is 7. The topological polar surface area (TPSA) is 104 Å². The summed E-state index contributed by atoms with van der Waals surface area (Å²) in [5, 5.41) is 12.7. The number of amides is 1. The van der Waals surface area contributed by atoms with Gasteiger partial charge in [-0.2, -0.15) is 4.31 Å². The molecule has 0 radical (unpaired) electrons. The molecule has 7 nitrogen and oxygen atoms in total. The minimum atomic E-state index is -3.98. The Morgan fingerprint density at radius 1 is 1.09 bits per heavy atom. The van der Waals surface area contributed by atoms with Crippen molar-refractivity contribution in [2.75, 3.05) is 6.54 Å². The zero-order valence-electron chi connectivity index (χ0n) is 17.5. The number of sulfonamides is 1. The molecule has 2 N–H and O–H groups in total. The van der Waals surface area contributed by atoms with Crippen molar-refractivity contribution in [3.8, 4) is 0 Å². The fourth-order valence-electron chi connectivity index (χ4n) is 4.16. The van der Waals surface area contributed by atoms with E-state index in [1.54, 1.807) is 24.3 Å². The molecule has 1 atom stereocenters. The first-order chi connectivity index (χ1) is 15.2. The van der Waals surface area contributed by atoms with Gasteiger partial charge in [-0.1, -0.05) is 35.9 Å². The maximum absolute atomic E-state index is 13.6. The van der Waals surface area contributed by atoms with E-state index in [1.165, 1.54) is 28.6 Å². The second-order valence-corrected chi connectivity index (χ2v) is 10.7. The third-order valence-corrected chi connectivity index (χ3v) is 8.40. The molecule has 1 saturated carbocycles. The first-order valence-electron chi connectivity index (χ1n) is 10.6. The van der Waals surface area contributed by atoms with Gasteiger partial charge in [-0.15, -0.1) is 0 Å². The van der Waals surface area contributed by atoms with Gasteiger partial charge in [0.2, 0.25) is 15.9 Å². The molecule has 1 aliphatic carbocycles. The van der Waals surface area contributed by atoms with Crippen molar-refractivity contribution < 1.29 is 23.1 Å². The van der Waals surface area contributed by atoms with E-state index in [4.69, 9.17) is 11.6 Å². The van der Waals surface area contributed by atoms with Crippen LogP contribution in [0.1, 0.15) is 43.2 Å². The lowest BCUT2D eigenvalue weighted by Crippen LogP contribution is -2.48. The highest BCUT2D eigenvalue weighted by Crippen LogP contribution is 2.48. The van der Waals surface area contributed by atoms with Crippen molar-refractivity contribution in [3.63, 3.8) is 0 Å². The molecular formula is C23H25ClN2O5S. The highest BCUT2D eigenvalue weighted by Gasteiger charge is 2.51. The van der Waals surface area contributed by atoms with Gasteiger partial charge in [-0.25, -0.2) is 8.42 Å². The number of aliphatic carboxylic acids is 1. The lowest BCUT2D eigenvalue weighted by atomic mass is 9.95. The van der Waals surface area contributed by atoms with Crippen molar-refractivity contribution in [1.82, 2.24) is 9.62 Å². The van der Waals surface area contributed by atoms with E-state index in [2.05, 4.69) is 5.32 Å². The van der Waals surface area contributed by atoms with Crippen LogP contribution < -0.4 is 5.32 Å². The Bertz CT molecular complexity index is 1110. The fourth-order valence-corrected chi connectivity index (χ4v) is 5.89. The van der Waals surface area contributed by atoms with Crippen LogP contribution in [0.3, 0.4) is 0 Å². The Morgan fingerprint density at radius 2 is 1.75 bits per heavy atom. The minimum absolute atomic E-state index is 0.00337. The van der Waals surface area contributed by atoms with Crippen molar-refractivity contribution in [2.24, 2.45) is 0 Å². The molecule has 32 heavy (non-hydrogen) atoms. The van der Waals surface area contributed by atoms with Crippen LogP contribution in [0.25, 0.3) is 0 Å². The molecule has 2 fully saturated rings. The maximum Gasteiger partial charge on any atom is 0.314 e. The van der Waals surface area contributed by atoms with Crippen LogP contribution in [0.15, 0.2) is 53.4 Å². The maximum atomic E-state index is 13.6. The Hall–Kier alpha value is -2.42. The molecule has 2 aromatic carbocycles. The molecular weight excluding hydrogens is 452 g/mol. The normalized spacial score (nSPS) is 20.4. The largest absolute Gasteiger partial charge is 0.481 e. The van der Waals surface area contributed by atoms with Gasteiger partial charge in [-0.3, -0.25) is 9.59 Å². The van der Waals surface area contributed by atoms with Crippen LogP contribution in [-0.2, 0) is 31.6 Å². The highest BCUT2D eigenvalue weighted by atomic mass is 35.5. The number of carboxylic acids is 1. The number of nitrogens with zero attached hydrogens (tertiary/aromatic N) is 1. The van der Waals surface area contributed by atoms with Crippen molar-refractivity contribution >= 4 is 33.5 Å². The summed E-state index contributed by atoms with van der Waals surface area (Å²) < 4.78 is 28.4. The summed E-state index contributed by atoms with van der Waals surface area (Å²) in [4.78, 5) is 24.4. The Kier molecular flexibility index (Phi) is 6.29. The summed E-state index contributed by atoms with van der Waals surface area (Å²) in [6.07, 6.45) is 3.15. The van der Waals surface area contributed by atoms with Crippen LogP contribution in [0.5, 0.6) is 0 Å². The number of hydrogen-bond acceptors (Lipinski definition) is 4. The van der Waals surface area contributed by atoms with Crippen LogP contribution in [0.2, 0.25) is 5.02 Å². The molecule has 0 spiro atoms. The van der Waals surface area contributed by atoms with E-state index in [1.807, 2.05) is 0 Å². The van der Waals surface area contributed by atoms with Crippen LogP contribution >= 0.6 is 11.6 Å². The quantitative estimate of drug-likeness (QED) is 0.638. The second-order valence-electron chi connectivity index (χ2n) is 8.39. The van der Waals surface area contributed by atoms with Crippen LogP contribution in [0, 0.1) is 0 Å². The predicted molar refractivity (Wildman–Crippen MR) is 120 cm³/mol. The molecule has 2 aliphatic rings. The Morgan fingerprint density at radius 3 is 2.34 bits per heavy atom. The van der Waals surface area contributed by atoms with E-state index >= 15 is 0 Å². The zero-order valence-corrected chi connectivity index (χ0v) is 19.0. The first kappa shape index (κ1) is 22.8. The molecule has 0 aromatic heterocycles. The predicted octanol–water partition coefficient (Wildman–Crippen LogP) is 3.32. The van der Waals surface area contributed by atoms with Gasteiger partial charge in [0.15, 0.2) is 0 Å². The molecule has 1 amide bonds. The molecule has 2 aromatic rings. The van der Waals surface area contributed by atoms with Crippen molar-refractivity contribution in [2.45, 2.75) is 55.0 Å². The number of nitrogens with one attached hydrogen (secondary N) is 1. The second kappa shape index (κ2) is 8.84. The van der Waals surface area contributed by atoms with Gasteiger partial charge in [-0.05, 0) is 67.5 Å². The summed E-state index contributed by atoms with van der Waals surface area (Å²) >= 11 is 5.93. The van der Waals surface area contributed by atoms with E-state index in [-0.39, 0.29) is 17.3 Å². The molecule has 0 bridgehead atoms. The Labute approximate surface area is 192 Å². The first-order valence-corrected chi connectivity index (χ1v) is 12.4. The lowest BCUT2D eigenvalue weighted by Gasteiger charge is -2.29. The summed E-state index contributed by atoms with van der Waals surface area (Å²) in [5.41, 5.74) is 0.576. The standard InChI is InChI=1S/C23H25ClN2O5S/c24-18-8-10-19(11-9-18)32(30,31)26(20-3-1-2-14-25-21(20)27)15-16-4-6-17(7-5-16)23(12-13-23)22(28)29/h4-11,20H,1-3,12-15H2,(H,25,27)(H,28,29). The van der Waals surface area contributed by atoms with E-state index < -0.39 is 27.4 Å². The van der Waals surface area contributed by atoms with E-state index in [9.17, 15) is 23.1 Å². The number of carboxylic acid groups (broad SMARTS) is 1. The van der Waals surface area contributed by atoms with Gasteiger partial charge < -0.3 is 10.4 Å². The molecule has 1 unspecified atom stereocenters. The van der Waals surface area contributed by atoms with Gasteiger partial charge in [0.05, 0.1) is 10.3 Å². The number of carbonyl (C=O) groups excluding carboxylic acids is 1. The SMILES string of the molecule is O=C1NCCCCC1N(Cc1ccc(C2(C(=O)O)CC2)cc1)S(=O)(=O)c1ccc(Cl)cc1. The monoisotopic (exact) mass is 476 g/mol. The minimum Gasteiger partial charge on any atom is -0.481 e. The molecule has 1 saturated heterocycles. The van der Waals surface area contributed by atoms with Gasteiger partial charge in [0, 0.05) is 18.1 Å². The highest BCUT2D eigenvalue weighted by molar-refractivity contribution is 7.89. The number of hydrogen-bond donors (Lipinski definition) is 2. The summed E-state index contributed by atoms with van der Waals surface area (Å²) in [7, 11) is -3.98. The van der Waals surface area contributed by atoms with Crippen molar-refractivity contribution in [1.29, 1.82) is 0 Å². The average molecular weight is 477 g/mol. The summed E-state index contributed by atoms with van der Waals surface area (Å²) in [6, 6.07) is 12.1. The molecule has 4 rings (SSSR count). The molecule has 170 valence electrons. The number of carbonyl (C=O) groups is 2. The Balaban J connectivity index is 1.67. The van der Waals surface area contributed by atoms with E-state index in [0.717, 1.165) is 12.8 Å². The van der Waals surface area contributed by atoms with Gasteiger partial charge in [0.25, 0.3) is 0 Å². The van der Waals surface area contributed by atoms with Crippen LogP contribution in [-0.4, -0.2) is 42.3 Å². The van der Waals surface area contributed by atoms with Gasteiger partial charge >= 0.3 is 5.97 Å². The average Bonchev–Trinajstić information content (AvgIpc) is 3.59. The molecule has 9 heteroatoms. The van der Waals surface area contributed by atoms with Crippen LogP contribution in [0.4, 0.5) is 0 Å². The molecule has 1 heterocycles. The third-order valence-electron chi connectivity index (χ3n) is 6.28. The summed E-state index contributed by atoms with van der Waals surface area (Å²) in [5.74, 6) is -1.15. The van der Waals surface area contributed by atoms with Gasteiger partial charge in [0.1, 0.15) is 6.04 Å². The summed E-state index contributed by atoms with van der Waals surface area (Å²) in [6.45, 7) is 0.527. The zero-order chi connectivity index (χ0) is 22.9.